The highest BCUT2D eigenvalue weighted by atomic mass is 16.2. The van der Waals surface area contributed by atoms with Gasteiger partial charge in [-0.15, -0.1) is 0 Å². The molecule has 3 nitrogen and oxygen atoms in total. The molecule has 96 valence electrons. The molecule has 3 heteroatoms. The van der Waals surface area contributed by atoms with Gasteiger partial charge in [-0.3, -0.25) is 4.79 Å². The van der Waals surface area contributed by atoms with Crippen LogP contribution in [-0.2, 0) is 11.3 Å². The topological polar surface area (TPSA) is 40.5 Å². The molecule has 0 unspecified atom stereocenters. The quantitative estimate of drug-likeness (QED) is 0.822. The van der Waals surface area contributed by atoms with Gasteiger partial charge in [0, 0.05) is 25.1 Å². The zero-order valence-corrected chi connectivity index (χ0v) is 11.1. The van der Waals surface area contributed by atoms with Gasteiger partial charge in [0.2, 0.25) is 5.91 Å². The Balaban J connectivity index is 2.66. The Hall–Kier alpha value is -1.79. The maximum atomic E-state index is 11.7. The fourth-order valence-electron chi connectivity index (χ4n) is 1.63. The van der Waals surface area contributed by atoms with Crippen LogP contribution in [0.1, 0.15) is 25.0 Å². The van der Waals surface area contributed by atoms with Crippen molar-refractivity contribution in [3.63, 3.8) is 0 Å². The number of rotatable bonds is 3. The summed E-state index contributed by atoms with van der Waals surface area (Å²) in [6, 6.07) is 7.69. The van der Waals surface area contributed by atoms with Gasteiger partial charge in [-0.25, -0.2) is 0 Å². The van der Waals surface area contributed by atoms with E-state index in [0.29, 0.717) is 6.54 Å². The van der Waals surface area contributed by atoms with Crippen molar-refractivity contribution in [1.29, 1.82) is 0 Å². The lowest BCUT2D eigenvalue weighted by atomic mass is 10.1. The van der Waals surface area contributed by atoms with Crippen molar-refractivity contribution >= 4 is 5.91 Å². The molecule has 1 aromatic rings. The third-order valence-electron chi connectivity index (χ3n) is 2.56. The summed E-state index contributed by atoms with van der Waals surface area (Å²) in [6.07, 6.45) is 0. The molecule has 1 N–H and O–H groups in total. The van der Waals surface area contributed by atoms with Crippen molar-refractivity contribution in [3.8, 4) is 11.8 Å². The zero-order valence-electron chi connectivity index (χ0n) is 11.1. The second-order valence-electron chi connectivity index (χ2n) is 4.51. The molecule has 0 atom stereocenters. The fraction of sp³-hybridized carbons (Fsp3) is 0.400. The monoisotopic (exact) mass is 245 g/mol. The molecule has 1 rings (SSSR count). The van der Waals surface area contributed by atoms with E-state index in [1.165, 1.54) is 0 Å². The number of hydrogen-bond acceptors (Lipinski definition) is 2. The van der Waals surface area contributed by atoms with E-state index in [4.69, 9.17) is 5.11 Å². The van der Waals surface area contributed by atoms with Crippen molar-refractivity contribution in [3.05, 3.63) is 35.4 Å². The molecule has 0 bridgehead atoms. The highest BCUT2D eigenvalue weighted by molar-refractivity contribution is 5.77. The third kappa shape index (κ3) is 4.23. The first kappa shape index (κ1) is 14.3. The molecule has 0 aliphatic rings. The van der Waals surface area contributed by atoms with Gasteiger partial charge < -0.3 is 10.0 Å². The van der Waals surface area contributed by atoms with E-state index < -0.39 is 0 Å². The molecule has 0 spiro atoms. The standard InChI is InChI=1S/C15H19NO2/c1-12(2)15(18)16(3)11-14-8-6-13(7-9-14)5-4-10-17/h6-9,12,17H,10-11H2,1-3H3. The maximum absolute atomic E-state index is 11.7. The van der Waals surface area contributed by atoms with E-state index in [0.717, 1.165) is 11.1 Å². The lowest BCUT2D eigenvalue weighted by Crippen LogP contribution is -2.29. The van der Waals surface area contributed by atoms with Gasteiger partial charge in [-0.2, -0.15) is 0 Å². The van der Waals surface area contributed by atoms with Gasteiger partial charge in [0.1, 0.15) is 6.61 Å². The van der Waals surface area contributed by atoms with E-state index in [9.17, 15) is 4.79 Å². The molecule has 0 saturated carbocycles. The Bertz CT molecular complexity index is 452. The Kier molecular flexibility index (Phi) is 5.41. The molecule has 0 aliphatic heterocycles. The molecule has 0 saturated heterocycles. The minimum absolute atomic E-state index is 0.0182. The molecule has 0 aromatic heterocycles. The first-order valence-corrected chi connectivity index (χ1v) is 5.98. The maximum Gasteiger partial charge on any atom is 0.225 e. The van der Waals surface area contributed by atoms with E-state index in [-0.39, 0.29) is 18.4 Å². The SMILES string of the molecule is CC(C)C(=O)N(C)Cc1ccc(C#CCO)cc1. The predicted octanol–water partition coefficient (Wildman–Crippen LogP) is 1.64. The van der Waals surface area contributed by atoms with Gasteiger partial charge in [0.15, 0.2) is 0 Å². The van der Waals surface area contributed by atoms with Gasteiger partial charge in [-0.05, 0) is 17.7 Å². The smallest absolute Gasteiger partial charge is 0.225 e. The van der Waals surface area contributed by atoms with Crippen molar-refractivity contribution in [2.24, 2.45) is 5.92 Å². The van der Waals surface area contributed by atoms with Gasteiger partial charge in [-0.1, -0.05) is 37.8 Å². The van der Waals surface area contributed by atoms with E-state index in [2.05, 4.69) is 11.8 Å². The van der Waals surface area contributed by atoms with E-state index in [1.54, 1.807) is 4.90 Å². The minimum Gasteiger partial charge on any atom is -0.384 e. The lowest BCUT2D eigenvalue weighted by Gasteiger charge is -2.19. The summed E-state index contributed by atoms with van der Waals surface area (Å²) in [4.78, 5) is 13.5. The van der Waals surface area contributed by atoms with Crippen LogP contribution in [0.15, 0.2) is 24.3 Å². The van der Waals surface area contributed by atoms with Crippen molar-refractivity contribution in [2.75, 3.05) is 13.7 Å². The van der Waals surface area contributed by atoms with Gasteiger partial charge in [0.05, 0.1) is 0 Å². The van der Waals surface area contributed by atoms with Crippen LogP contribution < -0.4 is 0 Å². The summed E-state index contributed by atoms with van der Waals surface area (Å²) >= 11 is 0. The number of nitrogens with zero attached hydrogens (tertiary/aromatic N) is 1. The first-order valence-electron chi connectivity index (χ1n) is 5.98. The Labute approximate surface area is 108 Å². The minimum atomic E-state index is -0.132. The van der Waals surface area contributed by atoms with Crippen LogP contribution in [0.5, 0.6) is 0 Å². The largest absolute Gasteiger partial charge is 0.384 e. The number of amides is 1. The molecular formula is C15H19NO2. The molecule has 1 aromatic carbocycles. The van der Waals surface area contributed by atoms with E-state index >= 15 is 0 Å². The van der Waals surface area contributed by atoms with E-state index in [1.807, 2.05) is 45.2 Å². The van der Waals surface area contributed by atoms with Crippen LogP contribution in [0.25, 0.3) is 0 Å². The van der Waals surface area contributed by atoms with Crippen LogP contribution in [0, 0.1) is 17.8 Å². The summed E-state index contributed by atoms with van der Waals surface area (Å²) in [5.41, 5.74) is 1.94. The van der Waals surface area contributed by atoms with Crippen LogP contribution in [0.2, 0.25) is 0 Å². The van der Waals surface area contributed by atoms with Gasteiger partial charge in [0.25, 0.3) is 0 Å². The Morgan fingerprint density at radius 1 is 1.33 bits per heavy atom. The Morgan fingerprint density at radius 3 is 2.44 bits per heavy atom. The highest BCUT2D eigenvalue weighted by Crippen LogP contribution is 2.08. The predicted molar refractivity (Wildman–Crippen MR) is 71.7 cm³/mol. The van der Waals surface area contributed by atoms with Crippen molar-refractivity contribution in [1.82, 2.24) is 4.90 Å². The second-order valence-corrected chi connectivity index (χ2v) is 4.51. The number of aliphatic hydroxyl groups is 1. The summed E-state index contributed by atoms with van der Waals surface area (Å²) in [7, 11) is 1.81. The molecular weight excluding hydrogens is 226 g/mol. The van der Waals surface area contributed by atoms with Crippen molar-refractivity contribution < 1.29 is 9.90 Å². The number of carbonyl (C=O) groups excluding carboxylic acids is 1. The summed E-state index contributed by atoms with van der Waals surface area (Å²) in [6.45, 7) is 4.26. The van der Waals surface area contributed by atoms with Crippen LogP contribution in [0.3, 0.4) is 0 Å². The lowest BCUT2D eigenvalue weighted by molar-refractivity contribution is -0.133. The molecule has 0 radical (unpaired) electrons. The number of hydrogen-bond donors (Lipinski definition) is 1. The van der Waals surface area contributed by atoms with Gasteiger partial charge >= 0.3 is 0 Å². The highest BCUT2D eigenvalue weighted by Gasteiger charge is 2.12. The Morgan fingerprint density at radius 2 is 1.94 bits per heavy atom. The van der Waals surface area contributed by atoms with Crippen LogP contribution in [0.4, 0.5) is 0 Å². The van der Waals surface area contributed by atoms with Crippen LogP contribution in [-0.4, -0.2) is 29.6 Å². The number of benzene rings is 1. The normalized spacial score (nSPS) is 9.83. The fourth-order valence-corrected chi connectivity index (χ4v) is 1.63. The molecule has 0 aliphatic carbocycles. The first-order chi connectivity index (χ1) is 8.54. The zero-order chi connectivity index (χ0) is 13.5. The number of aliphatic hydroxyl groups excluding tert-OH is 1. The molecule has 1 amide bonds. The summed E-state index contributed by atoms with van der Waals surface area (Å²) in [5.74, 6) is 5.59. The molecule has 0 heterocycles. The molecule has 18 heavy (non-hydrogen) atoms. The van der Waals surface area contributed by atoms with Crippen molar-refractivity contribution in [2.45, 2.75) is 20.4 Å². The molecule has 0 fully saturated rings. The average molecular weight is 245 g/mol. The third-order valence-corrected chi connectivity index (χ3v) is 2.56. The van der Waals surface area contributed by atoms with Crippen LogP contribution >= 0.6 is 0 Å². The second kappa shape index (κ2) is 6.83. The summed E-state index contributed by atoms with van der Waals surface area (Å²) in [5, 5.41) is 8.60. The average Bonchev–Trinajstić information content (AvgIpc) is 2.36. The summed E-state index contributed by atoms with van der Waals surface area (Å²) < 4.78 is 0. The number of carbonyl (C=O) groups is 1.